The maximum Gasteiger partial charge on any atom is 0.516 e. The summed E-state index contributed by atoms with van der Waals surface area (Å²) < 4.78 is 9.61. The first-order valence-electron chi connectivity index (χ1n) is 6.04. The summed E-state index contributed by atoms with van der Waals surface area (Å²) in [7, 11) is 0. The number of carbonyl (C=O) groups is 2. The summed E-state index contributed by atoms with van der Waals surface area (Å²) in [5.74, 6) is -0.737. The lowest BCUT2D eigenvalue weighted by Gasteiger charge is -2.19. The van der Waals surface area contributed by atoms with Crippen molar-refractivity contribution in [2.75, 3.05) is 13.1 Å². The Morgan fingerprint density at radius 2 is 1.94 bits per heavy atom. The van der Waals surface area contributed by atoms with Gasteiger partial charge in [-0.05, 0) is 40.2 Å². The van der Waals surface area contributed by atoms with Gasteiger partial charge in [0.05, 0.1) is 5.92 Å². The molecule has 5 heteroatoms. The van der Waals surface area contributed by atoms with Gasteiger partial charge in [-0.3, -0.25) is 4.79 Å². The number of ether oxygens (including phenoxy) is 2. The predicted octanol–water partition coefficient (Wildman–Crippen LogP) is 1.85. The van der Waals surface area contributed by atoms with Gasteiger partial charge in [-0.15, -0.1) is 0 Å². The van der Waals surface area contributed by atoms with E-state index < -0.39 is 17.7 Å². The molecule has 1 rings (SSSR count). The van der Waals surface area contributed by atoms with E-state index in [1.807, 2.05) is 0 Å². The van der Waals surface area contributed by atoms with E-state index in [2.05, 4.69) is 10.1 Å². The number of esters is 1. The van der Waals surface area contributed by atoms with Gasteiger partial charge in [0.25, 0.3) is 0 Å². The van der Waals surface area contributed by atoms with Crippen LogP contribution >= 0.6 is 0 Å². The Morgan fingerprint density at radius 1 is 1.24 bits per heavy atom. The van der Waals surface area contributed by atoms with Crippen LogP contribution in [-0.4, -0.2) is 30.8 Å². The standard InChI is InChI=1S/C12H21NO4/c1-12(2,3)17-11(15)16-10(14)9-6-4-5-7-13-8-9/h9,13H,4-8H2,1-3H3. The van der Waals surface area contributed by atoms with Crippen LogP contribution in [0.3, 0.4) is 0 Å². The average Bonchev–Trinajstić information content (AvgIpc) is 2.41. The van der Waals surface area contributed by atoms with Crippen LogP contribution in [0.1, 0.15) is 40.0 Å². The number of carbonyl (C=O) groups excluding carboxylic acids is 2. The minimum atomic E-state index is -0.910. The normalized spacial score (nSPS) is 21.5. The zero-order valence-corrected chi connectivity index (χ0v) is 10.7. The van der Waals surface area contributed by atoms with Gasteiger partial charge in [0.15, 0.2) is 0 Å². The van der Waals surface area contributed by atoms with E-state index in [0.29, 0.717) is 6.54 Å². The van der Waals surface area contributed by atoms with Crippen molar-refractivity contribution in [2.24, 2.45) is 5.92 Å². The molecule has 0 aliphatic carbocycles. The Morgan fingerprint density at radius 3 is 2.59 bits per heavy atom. The highest BCUT2D eigenvalue weighted by atomic mass is 16.7. The molecule has 0 amide bonds. The Labute approximate surface area is 102 Å². The SMILES string of the molecule is CC(C)(C)OC(=O)OC(=O)C1CCCCNC1. The molecule has 5 nitrogen and oxygen atoms in total. The first-order chi connectivity index (χ1) is 7.88. The Hall–Kier alpha value is -1.10. The summed E-state index contributed by atoms with van der Waals surface area (Å²) in [6, 6.07) is 0. The lowest BCUT2D eigenvalue weighted by Crippen LogP contribution is -2.32. The Balaban J connectivity index is 2.39. The molecule has 0 bridgehead atoms. The van der Waals surface area contributed by atoms with E-state index >= 15 is 0 Å². The molecule has 1 saturated heterocycles. The molecule has 1 aliphatic heterocycles. The molecule has 1 atom stereocenters. The highest BCUT2D eigenvalue weighted by molar-refractivity contribution is 5.83. The minimum absolute atomic E-state index is 0.245. The molecule has 1 unspecified atom stereocenters. The second-order valence-corrected chi connectivity index (χ2v) is 5.28. The third-order valence-corrected chi connectivity index (χ3v) is 2.45. The van der Waals surface area contributed by atoms with Crippen molar-refractivity contribution in [3.05, 3.63) is 0 Å². The van der Waals surface area contributed by atoms with Crippen molar-refractivity contribution in [1.29, 1.82) is 0 Å². The first-order valence-corrected chi connectivity index (χ1v) is 6.04. The van der Waals surface area contributed by atoms with E-state index in [4.69, 9.17) is 4.74 Å². The molecule has 0 aromatic carbocycles. The van der Waals surface area contributed by atoms with E-state index in [0.717, 1.165) is 25.8 Å². The van der Waals surface area contributed by atoms with Crippen LogP contribution < -0.4 is 5.32 Å². The van der Waals surface area contributed by atoms with Crippen molar-refractivity contribution in [3.63, 3.8) is 0 Å². The van der Waals surface area contributed by atoms with Gasteiger partial charge in [-0.25, -0.2) is 4.79 Å². The van der Waals surface area contributed by atoms with Crippen molar-refractivity contribution in [2.45, 2.75) is 45.6 Å². The van der Waals surface area contributed by atoms with Crippen LogP contribution in [0, 0.1) is 5.92 Å². The van der Waals surface area contributed by atoms with E-state index in [9.17, 15) is 9.59 Å². The molecule has 17 heavy (non-hydrogen) atoms. The third-order valence-electron chi connectivity index (χ3n) is 2.45. The molecule has 0 saturated carbocycles. The Kier molecular flexibility index (Phi) is 4.93. The quantitative estimate of drug-likeness (QED) is 0.562. The molecule has 1 aliphatic rings. The predicted molar refractivity (Wildman–Crippen MR) is 62.5 cm³/mol. The molecule has 1 fully saturated rings. The van der Waals surface area contributed by atoms with Crippen LogP contribution in [0.25, 0.3) is 0 Å². The second kappa shape index (κ2) is 6.00. The van der Waals surface area contributed by atoms with Crippen molar-refractivity contribution in [1.82, 2.24) is 5.32 Å². The van der Waals surface area contributed by atoms with Crippen LogP contribution in [0.2, 0.25) is 0 Å². The fraction of sp³-hybridized carbons (Fsp3) is 0.833. The number of hydrogen-bond donors (Lipinski definition) is 1. The summed E-state index contributed by atoms with van der Waals surface area (Å²) in [5.41, 5.74) is -0.640. The summed E-state index contributed by atoms with van der Waals surface area (Å²) in [6.07, 6.45) is 1.87. The van der Waals surface area contributed by atoms with Crippen LogP contribution in [0.5, 0.6) is 0 Å². The summed E-state index contributed by atoms with van der Waals surface area (Å²) in [6.45, 7) is 6.67. The van der Waals surface area contributed by atoms with Gasteiger partial charge in [-0.2, -0.15) is 0 Å². The Bertz CT molecular complexity index is 275. The van der Waals surface area contributed by atoms with Crippen LogP contribution in [0.4, 0.5) is 4.79 Å². The van der Waals surface area contributed by atoms with Gasteiger partial charge in [0, 0.05) is 6.54 Å². The lowest BCUT2D eigenvalue weighted by molar-refractivity contribution is -0.146. The second-order valence-electron chi connectivity index (χ2n) is 5.28. The van der Waals surface area contributed by atoms with Gasteiger partial charge >= 0.3 is 12.1 Å². The number of rotatable bonds is 1. The van der Waals surface area contributed by atoms with Gasteiger partial charge in [0.2, 0.25) is 0 Å². The highest BCUT2D eigenvalue weighted by Gasteiger charge is 2.26. The van der Waals surface area contributed by atoms with E-state index in [-0.39, 0.29) is 5.92 Å². The molecular formula is C12H21NO4. The monoisotopic (exact) mass is 243 g/mol. The number of hydrogen-bond acceptors (Lipinski definition) is 5. The molecular weight excluding hydrogens is 222 g/mol. The largest absolute Gasteiger partial charge is 0.516 e. The van der Waals surface area contributed by atoms with Crippen LogP contribution in [-0.2, 0) is 14.3 Å². The molecule has 98 valence electrons. The fourth-order valence-electron chi connectivity index (χ4n) is 1.66. The molecule has 1 N–H and O–H groups in total. The minimum Gasteiger partial charge on any atom is -0.428 e. The first kappa shape index (κ1) is 14.0. The number of nitrogens with one attached hydrogen (secondary N) is 1. The summed E-state index contributed by atoms with van der Waals surface area (Å²) >= 11 is 0. The maximum absolute atomic E-state index is 11.7. The van der Waals surface area contributed by atoms with E-state index in [1.165, 1.54) is 0 Å². The molecule has 1 heterocycles. The summed E-state index contributed by atoms with van der Waals surface area (Å²) in [4.78, 5) is 23.0. The molecule has 0 radical (unpaired) electrons. The average molecular weight is 243 g/mol. The smallest absolute Gasteiger partial charge is 0.428 e. The van der Waals surface area contributed by atoms with Gasteiger partial charge in [0.1, 0.15) is 5.60 Å². The van der Waals surface area contributed by atoms with Crippen molar-refractivity contribution in [3.8, 4) is 0 Å². The fourth-order valence-corrected chi connectivity index (χ4v) is 1.66. The van der Waals surface area contributed by atoms with E-state index in [1.54, 1.807) is 20.8 Å². The lowest BCUT2D eigenvalue weighted by atomic mass is 10.0. The molecule has 0 spiro atoms. The highest BCUT2D eigenvalue weighted by Crippen LogP contribution is 2.14. The van der Waals surface area contributed by atoms with Crippen molar-refractivity contribution >= 4 is 12.1 Å². The van der Waals surface area contributed by atoms with Gasteiger partial charge in [-0.1, -0.05) is 6.42 Å². The van der Waals surface area contributed by atoms with Crippen molar-refractivity contribution < 1.29 is 19.1 Å². The van der Waals surface area contributed by atoms with Crippen LogP contribution in [0.15, 0.2) is 0 Å². The zero-order chi connectivity index (χ0) is 12.9. The third kappa shape index (κ3) is 5.68. The molecule has 0 aromatic rings. The molecule has 0 aromatic heterocycles. The topological polar surface area (TPSA) is 64.6 Å². The van der Waals surface area contributed by atoms with Gasteiger partial charge < -0.3 is 14.8 Å². The summed E-state index contributed by atoms with van der Waals surface area (Å²) in [5, 5.41) is 3.15. The zero-order valence-electron chi connectivity index (χ0n) is 10.7. The maximum atomic E-state index is 11.7.